The summed E-state index contributed by atoms with van der Waals surface area (Å²) in [5, 5.41) is 12.9. The number of anilines is 1. The van der Waals surface area contributed by atoms with Crippen LogP contribution in [0.2, 0.25) is 5.02 Å². The van der Waals surface area contributed by atoms with Crippen LogP contribution in [0, 0.1) is 17.2 Å². The highest BCUT2D eigenvalue weighted by Gasteiger charge is 2.13. The molecule has 2 nitrogen and oxygen atoms in total. The summed E-state index contributed by atoms with van der Waals surface area (Å²) >= 11 is 6.10. The van der Waals surface area contributed by atoms with Crippen molar-refractivity contribution in [3.63, 3.8) is 0 Å². The maximum absolute atomic E-state index is 8.85. The first-order chi connectivity index (χ1) is 8.29. The number of rotatable bonds is 3. The van der Waals surface area contributed by atoms with Crippen LogP contribution in [0.25, 0.3) is 0 Å². The monoisotopic (exact) mass is 248 g/mol. The molecule has 1 aliphatic rings. The Hall–Kier alpha value is -1.20. The van der Waals surface area contributed by atoms with E-state index in [4.69, 9.17) is 16.9 Å². The summed E-state index contributed by atoms with van der Waals surface area (Å²) in [5.41, 5.74) is 1.54. The van der Waals surface area contributed by atoms with Crippen molar-refractivity contribution >= 4 is 17.3 Å². The van der Waals surface area contributed by atoms with Crippen molar-refractivity contribution in [3.8, 4) is 6.07 Å². The van der Waals surface area contributed by atoms with E-state index in [1.54, 1.807) is 12.1 Å². The van der Waals surface area contributed by atoms with Crippen LogP contribution in [0.4, 0.5) is 5.69 Å². The number of halogens is 1. The van der Waals surface area contributed by atoms with Gasteiger partial charge < -0.3 is 5.32 Å². The summed E-state index contributed by atoms with van der Waals surface area (Å²) in [6.07, 6.45) is 6.68. The molecule has 0 heterocycles. The van der Waals surface area contributed by atoms with Gasteiger partial charge in [-0.05, 0) is 37.0 Å². The van der Waals surface area contributed by atoms with E-state index in [1.807, 2.05) is 6.07 Å². The van der Waals surface area contributed by atoms with Gasteiger partial charge in [0.25, 0.3) is 0 Å². The molecule has 0 radical (unpaired) electrons. The summed E-state index contributed by atoms with van der Waals surface area (Å²) in [6.45, 7) is 0.967. The molecular weight excluding hydrogens is 232 g/mol. The third-order valence-electron chi connectivity index (χ3n) is 3.40. The minimum Gasteiger partial charge on any atom is -0.384 e. The third-order valence-corrected chi connectivity index (χ3v) is 3.73. The van der Waals surface area contributed by atoms with Crippen molar-refractivity contribution in [2.75, 3.05) is 11.9 Å². The number of nitrogens with zero attached hydrogens (tertiary/aromatic N) is 1. The first-order valence-electron chi connectivity index (χ1n) is 6.23. The first kappa shape index (κ1) is 12.3. The van der Waals surface area contributed by atoms with Gasteiger partial charge in [-0.15, -0.1) is 0 Å². The normalized spacial score (nSPS) is 16.5. The lowest BCUT2D eigenvalue weighted by Crippen LogP contribution is -2.17. The van der Waals surface area contributed by atoms with E-state index in [0.717, 1.165) is 18.2 Å². The molecule has 17 heavy (non-hydrogen) atoms. The topological polar surface area (TPSA) is 35.8 Å². The summed E-state index contributed by atoms with van der Waals surface area (Å²) in [4.78, 5) is 0. The quantitative estimate of drug-likeness (QED) is 0.870. The van der Waals surface area contributed by atoms with Gasteiger partial charge in [-0.2, -0.15) is 5.26 Å². The van der Waals surface area contributed by atoms with Crippen molar-refractivity contribution < 1.29 is 0 Å². The van der Waals surface area contributed by atoms with E-state index < -0.39 is 0 Å². The molecule has 2 rings (SSSR count). The van der Waals surface area contributed by atoms with E-state index in [0.29, 0.717) is 10.6 Å². The minimum absolute atomic E-state index is 0.653. The predicted octanol–water partition coefficient (Wildman–Crippen LogP) is 4.20. The fourth-order valence-corrected chi connectivity index (χ4v) is 2.56. The molecule has 1 N–H and O–H groups in total. The molecule has 0 amide bonds. The fourth-order valence-electron chi connectivity index (χ4n) is 2.38. The van der Waals surface area contributed by atoms with E-state index >= 15 is 0 Å². The summed E-state index contributed by atoms with van der Waals surface area (Å²) in [7, 11) is 0. The Balaban J connectivity index is 1.95. The summed E-state index contributed by atoms with van der Waals surface area (Å²) in [6, 6.07) is 7.48. The molecule has 0 unspecified atom stereocenters. The van der Waals surface area contributed by atoms with E-state index in [-0.39, 0.29) is 0 Å². The third kappa shape index (κ3) is 3.38. The highest BCUT2D eigenvalue weighted by molar-refractivity contribution is 6.33. The van der Waals surface area contributed by atoms with Crippen molar-refractivity contribution in [2.24, 2.45) is 5.92 Å². The van der Waals surface area contributed by atoms with Crippen LogP contribution in [-0.2, 0) is 0 Å². The molecule has 90 valence electrons. The Bertz CT molecular complexity index is 417. The van der Waals surface area contributed by atoms with E-state index in [9.17, 15) is 0 Å². The molecule has 1 aromatic rings. The smallest absolute Gasteiger partial charge is 0.0992 e. The zero-order chi connectivity index (χ0) is 12.1. The van der Waals surface area contributed by atoms with Crippen molar-refractivity contribution in [2.45, 2.75) is 32.1 Å². The zero-order valence-electron chi connectivity index (χ0n) is 9.88. The molecule has 0 spiro atoms. The van der Waals surface area contributed by atoms with Gasteiger partial charge in [-0.3, -0.25) is 0 Å². The molecule has 1 aliphatic carbocycles. The van der Waals surface area contributed by atoms with Crippen LogP contribution >= 0.6 is 11.6 Å². The summed E-state index contributed by atoms with van der Waals surface area (Å²) < 4.78 is 0. The molecule has 0 aromatic heterocycles. The maximum Gasteiger partial charge on any atom is 0.0992 e. The number of nitriles is 1. The van der Waals surface area contributed by atoms with Gasteiger partial charge in [0.15, 0.2) is 0 Å². The second kappa shape index (κ2) is 5.93. The Morgan fingerprint density at radius 1 is 1.29 bits per heavy atom. The minimum atomic E-state index is 0.653. The second-order valence-electron chi connectivity index (χ2n) is 4.69. The van der Waals surface area contributed by atoms with E-state index in [2.05, 4.69) is 11.4 Å². The van der Waals surface area contributed by atoms with Crippen LogP contribution in [0.1, 0.15) is 37.7 Å². The molecule has 1 fully saturated rings. The van der Waals surface area contributed by atoms with Crippen LogP contribution in [0.15, 0.2) is 18.2 Å². The van der Waals surface area contributed by atoms with E-state index in [1.165, 1.54) is 32.1 Å². The molecule has 1 saturated carbocycles. The molecule has 1 aromatic carbocycles. The average molecular weight is 249 g/mol. The van der Waals surface area contributed by atoms with Gasteiger partial charge in [0.05, 0.1) is 22.3 Å². The molecule has 0 atom stereocenters. The highest BCUT2D eigenvalue weighted by Crippen LogP contribution is 2.26. The van der Waals surface area contributed by atoms with Gasteiger partial charge in [0.1, 0.15) is 0 Å². The molecular formula is C14H17ClN2. The molecule has 0 bridgehead atoms. The Labute approximate surface area is 108 Å². The summed E-state index contributed by atoms with van der Waals surface area (Å²) in [5.74, 6) is 0.755. The maximum atomic E-state index is 8.85. The highest BCUT2D eigenvalue weighted by atomic mass is 35.5. The van der Waals surface area contributed by atoms with Crippen LogP contribution in [0.3, 0.4) is 0 Å². The fraction of sp³-hybridized carbons (Fsp3) is 0.500. The van der Waals surface area contributed by atoms with Gasteiger partial charge in [-0.1, -0.05) is 30.9 Å². The number of hydrogen-bond donors (Lipinski definition) is 1. The largest absolute Gasteiger partial charge is 0.384 e. The molecule has 0 aliphatic heterocycles. The standard InChI is InChI=1S/C14H17ClN2/c15-13-7-6-12(9-16)8-14(13)17-10-11-4-2-1-3-5-11/h6-8,11,17H,1-5,10H2. The second-order valence-corrected chi connectivity index (χ2v) is 5.10. The predicted molar refractivity (Wildman–Crippen MR) is 71.2 cm³/mol. The number of hydrogen-bond acceptors (Lipinski definition) is 2. The van der Waals surface area contributed by atoms with Crippen LogP contribution in [-0.4, -0.2) is 6.54 Å². The Kier molecular flexibility index (Phi) is 4.28. The Morgan fingerprint density at radius 3 is 2.76 bits per heavy atom. The molecule has 0 saturated heterocycles. The number of benzene rings is 1. The van der Waals surface area contributed by atoms with Gasteiger partial charge >= 0.3 is 0 Å². The van der Waals surface area contributed by atoms with Crippen LogP contribution < -0.4 is 5.32 Å². The van der Waals surface area contributed by atoms with Crippen molar-refractivity contribution in [1.29, 1.82) is 5.26 Å². The molecule has 3 heteroatoms. The zero-order valence-corrected chi connectivity index (χ0v) is 10.6. The lowest BCUT2D eigenvalue weighted by atomic mass is 9.89. The SMILES string of the molecule is N#Cc1ccc(Cl)c(NCC2CCCCC2)c1. The lowest BCUT2D eigenvalue weighted by Gasteiger charge is -2.22. The first-order valence-corrected chi connectivity index (χ1v) is 6.61. The van der Waals surface area contributed by atoms with Crippen molar-refractivity contribution in [3.05, 3.63) is 28.8 Å². The van der Waals surface area contributed by atoms with Gasteiger partial charge in [-0.25, -0.2) is 0 Å². The number of nitrogens with one attached hydrogen (secondary N) is 1. The van der Waals surface area contributed by atoms with Crippen molar-refractivity contribution in [1.82, 2.24) is 0 Å². The lowest BCUT2D eigenvalue weighted by molar-refractivity contribution is 0.373. The van der Waals surface area contributed by atoms with Gasteiger partial charge in [0, 0.05) is 6.54 Å². The van der Waals surface area contributed by atoms with Crippen LogP contribution in [0.5, 0.6) is 0 Å². The van der Waals surface area contributed by atoms with Gasteiger partial charge in [0.2, 0.25) is 0 Å². The average Bonchev–Trinajstić information content (AvgIpc) is 2.39. The Morgan fingerprint density at radius 2 is 2.06 bits per heavy atom.